The highest BCUT2D eigenvalue weighted by Crippen LogP contribution is 2.33. The summed E-state index contributed by atoms with van der Waals surface area (Å²) in [7, 11) is 2.06. The molecule has 0 heterocycles. The van der Waals surface area contributed by atoms with Crippen LogP contribution in [0, 0.1) is 0 Å². The van der Waals surface area contributed by atoms with Crippen LogP contribution in [0.3, 0.4) is 0 Å². The summed E-state index contributed by atoms with van der Waals surface area (Å²) in [5.41, 5.74) is 0.476. The van der Waals surface area contributed by atoms with E-state index in [0.29, 0.717) is 19.8 Å². The third-order valence-electron chi connectivity index (χ3n) is 4.54. The maximum absolute atomic E-state index is 12.6. The van der Waals surface area contributed by atoms with Gasteiger partial charge in [0.2, 0.25) is 0 Å². The molecule has 0 saturated heterocycles. The number of carbonyl (C=O) groups is 1. The molecule has 0 aliphatic heterocycles. The maximum atomic E-state index is 12.6. The predicted molar refractivity (Wildman–Crippen MR) is 93.7 cm³/mol. The molecule has 0 radical (unpaired) electrons. The molecule has 1 rings (SSSR count). The normalized spacial score (nSPS) is 11.7. The number of hydrogen-bond donors (Lipinski definition) is 0. The van der Waals surface area contributed by atoms with Crippen molar-refractivity contribution in [1.82, 2.24) is 4.90 Å². The molecule has 0 bridgehead atoms. The minimum Gasteiger partial charge on any atom is -0.463 e. The summed E-state index contributed by atoms with van der Waals surface area (Å²) in [4.78, 5) is 14.8. The Kier molecular flexibility index (Phi) is 8.89. The molecule has 4 heteroatoms. The molecule has 4 nitrogen and oxygen atoms in total. The molecular weight excluding hydrogens is 290 g/mol. The maximum Gasteiger partial charge on any atom is 0.316 e. The van der Waals surface area contributed by atoms with Gasteiger partial charge in [-0.25, -0.2) is 0 Å². The number of benzene rings is 1. The lowest BCUT2D eigenvalue weighted by Crippen LogP contribution is -2.37. The minimum absolute atomic E-state index is 0.150. The van der Waals surface area contributed by atoms with E-state index >= 15 is 0 Å². The number of hydrogen-bond acceptors (Lipinski definition) is 4. The van der Waals surface area contributed by atoms with Gasteiger partial charge >= 0.3 is 5.97 Å². The van der Waals surface area contributed by atoms with Crippen LogP contribution in [0.25, 0.3) is 0 Å². The second-order valence-corrected chi connectivity index (χ2v) is 5.80. The number of esters is 1. The highest BCUT2D eigenvalue weighted by Gasteiger charge is 2.38. The number of nitrogens with zero attached hydrogens (tertiary/aromatic N) is 1. The molecule has 130 valence electrons. The van der Waals surface area contributed by atoms with E-state index in [9.17, 15) is 4.79 Å². The Hall–Kier alpha value is -1.39. The third kappa shape index (κ3) is 5.63. The van der Waals surface area contributed by atoms with E-state index in [0.717, 1.165) is 31.5 Å². The zero-order valence-electron chi connectivity index (χ0n) is 15.0. The van der Waals surface area contributed by atoms with Crippen molar-refractivity contribution < 1.29 is 14.3 Å². The van der Waals surface area contributed by atoms with Gasteiger partial charge in [-0.05, 0) is 32.0 Å². The highest BCUT2D eigenvalue weighted by molar-refractivity contribution is 5.83. The van der Waals surface area contributed by atoms with E-state index in [-0.39, 0.29) is 5.97 Å². The molecule has 1 aromatic rings. The quantitative estimate of drug-likeness (QED) is 0.463. The zero-order valence-corrected chi connectivity index (χ0v) is 15.0. The monoisotopic (exact) mass is 321 g/mol. The van der Waals surface area contributed by atoms with Crippen molar-refractivity contribution in [3.63, 3.8) is 0 Å². The van der Waals surface area contributed by atoms with Crippen LogP contribution in [0.2, 0.25) is 0 Å². The van der Waals surface area contributed by atoms with Crippen molar-refractivity contribution in [3.05, 3.63) is 35.9 Å². The Bertz CT molecular complexity index is 443. The van der Waals surface area contributed by atoms with Crippen LogP contribution >= 0.6 is 0 Å². The summed E-state index contributed by atoms with van der Waals surface area (Å²) in [6, 6.07) is 9.91. The summed E-state index contributed by atoms with van der Waals surface area (Å²) >= 11 is 0. The van der Waals surface area contributed by atoms with E-state index < -0.39 is 5.41 Å². The summed E-state index contributed by atoms with van der Waals surface area (Å²) in [5, 5.41) is 0. The fraction of sp³-hybridized carbons (Fsp3) is 0.632. The van der Waals surface area contributed by atoms with E-state index in [4.69, 9.17) is 9.47 Å². The average Bonchev–Trinajstić information content (AvgIpc) is 2.60. The lowest BCUT2D eigenvalue weighted by atomic mass is 9.76. The summed E-state index contributed by atoms with van der Waals surface area (Å²) < 4.78 is 11.0. The minimum atomic E-state index is -0.552. The van der Waals surface area contributed by atoms with E-state index in [1.165, 1.54) is 0 Å². The van der Waals surface area contributed by atoms with E-state index in [1.807, 2.05) is 44.2 Å². The van der Waals surface area contributed by atoms with Gasteiger partial charge in [0.25, 0.3) is 0 Å². The molecule has 1 aromatic carbocycles. The van der Waals surface area contributed by atoms with Gasteiger partial charge in [0.1, 0.15) is 6.61 Å². The van der Waals surface area contributed by atoms with Crippen LogP contribution in [0.15, 0.2) is 30.3 Å². The van der Waals surface area contributed by atoms with Gasteiger partial charge < -0.3 is 14.4 Å². The van der Waals surface area contributed by atoms with E-state index in [2.05, 4.69) is 18.9 Å². The van der Waals surface area contributed by atoms with Gasteiger partial charge in [-0.3, -0.25) is 4.79 Å². The van der Waals surface area contributed by atoms with Crippen molar-refractivity contribution >= 4 is 5.97 Å². The molecule has 0 atom stereocenters. The molecule has 0 unspecified atom stereocenters. The topological polar surface area (TPSA) is 38.8 Å². The van der Waals surface area contributed by atoms with Crippen molar-refractivity contribution in [3.8, 4) is 0 Å². The van der Waals surface area contributed by atoms with Gasteiger partial charge in [-0.1, -0.05) is 51.1 Å². The molecular formula is C19H31NO3. The van der Waals surface area contributed by atoms with Crippen molar-refractivity contribution in [2.24, 2.45) is 0 Å². The Labute approximate surface area is 140 Å². The zero-order chi connectivity index (χ0) is 17.1. The Morgan fingerprint density at radius 2 is 1.70 bits per heavy atom. The summed E-state index contributed by atoms with van der Waals surface area (Å²) in [5.74, 6) is -0.150. The van der Waals surface area contributed by atoms with Gasteiger partial charge in [0.15, 0.2) is 0 Å². The SMILES string of the molecule is CCN(C)CCOCCOC(=O)C(CC)(CC)c1ccccc1. The molecule has 0 saturated carbocycles. The fourth-order valence-corrected chi connectivity index (χ4v) is 2.63. The van der Waals surface area contributed by atoms with Crippen LogP contribution in [-0.2, 0) is 19.7 Å². The first-order chi connectivity index (χ1) is 11.1. The van der Waals surface area contributed by atoms with E-state index in [1.54, 1.807) is 0 Å². The van der Waals surface area contributed by atoms with Gasteiger partial charge in [0, 0.05) is 6.54 Å². The van der Waals surface area contributed by atoms with Crippen LogP contribution in [0.1, 0.15) is 39.2 Å². The third-order valence-corrected chi connectivity index (χ3v) is 4.54. The van der Waals surface area contributed by atoms with Crippen LogP contribution < -0.4 is 0 Å². The number of likely N-dealkylation sites (N-methyl/N-ethyl adjacent to an activating group) is 1. The molecule has 0 aromatic heterocycles. The first-order valence-electron chi connectivity index (χ1n) is 8.59. The number of carbonyl (C=O) groups excluding carboxylic acids is 1. The number of rotatable bonds is 11. The summed E-state index contributed by atoms with van der Waals surface area (Å²) in [6.07, 6.45) is 1.46. The molecule has 0 fully saturated rings. The predicted octanol–water partition coefficient (Wildman–Crippen LogP) is 3.26. The van der Waals surface area contributed by atoms with Crippen molar-refractivity contribution in [1.29, 1.82) is 0 Å². The van der Waals surface area contributed by atoms with Gasteiger partial charge in [0.05, 0.1) is 18.6 Å². The molecule has 0 amide bonds. The average molecular weight is 321 g/mol. The van der Waals surface area contributed by atoms with Crippen LogP contribution in [0.4, 0.5) is 0 Å². The molecule has 0 aliphatic rings. The Balaban J connectivity index is 2.47. The van der Waals surface area contributed by atoms with Crippen LogP contribution in [-0.4, -0.2) is 50.8 Å². The first kappa shape index (κ1) is 19.7. The summed E-state index contributed by atoms with van der Waals surface area (Å²) in [6.45, 7) is 9.50. The second kappa shape index (κ2) is 10.4. The highest BCUT2D eigenvalue weighted by atomic mass is 16.6. The fourth-order valence-electron chi connectivity index (χ4n) is 2.63. The largest absolute Gasteiger partial charge is 0.463 e. The molecule has 23 heavy (non-hydrogen) atoms. The second-order valence-electron chi connectivity index (χ2n) is 5.80. The number of ether oxygens (including phenoxy) is 2. The Morgan fingerprint density at radius 3 is 2.26 bits per heavy atom. The smallest absolute Gasteiger partial charge is 0.316 e. The lowest BCUT2D eigenvalue weighted by Gasteiger charge is -2.29. The van der Waals surface area contributed by atoms with Crippen LogP contribution in [0.5, 0.6) is 0 Å². The standard InChI is InChI=1S/C19H31NO3/c1-5-19(6-2,17-11-9-8-10-12-17)18(21)23-16-15-22-14-13-20(4)7-3/h8-12H,5-7,13-16H2,1-4H3. The van der Waals surface area contributed by atoms with Gasteiger partial charge in [-0.15, -0.1) is 0 Å². The molecule has 0 aliphatic carbocycles. The van der Waals surface area contributed by atoms with Crippen molar-refractivity contribution in [2.45, 2.75) is 39.0 Å². The first-order valence-corrected chi connectivity index (χ1v) is 8.59. The van der Waals surface area contributed by atoms with Gasteiger partial charge in [-0.2, -0.15) is 0 Å². The Morgan fingerprint density at radius 1 is 1.04 bits per heavy atom. The lowest BCUT2D eigenvalue weighted by molar-refractivity contribution is -0.152. The molecule has 0 N–H and O–H groups in total. The molecule has 0 spiro atoms. The van der Waals surface area contributed by atoms with Crippen molar-refractivity contribution in [2.75, 3.05) is 40.0 Å².